The molecule has 0 amide bonds. The van der Waals surface area contributed by atoms with Crippen LogP contribution in [0.5, 0.6) is 5.75 Å². The zero-order valence-corrected chi connectivity index (χ0v) is 13.6. The van der Waals surface area contributed by atoms with E-state index in [1.54, 1.807) is 0 Å². The first-order chi connectivity index (χ1) is 10.8. The molecule has 1 aromatic rings. The Bertz CT molecular complexity index is 594. The highest BCUT2D eigenvalue weighted by Gasteiger charge is 2.34. The topological polar surface area (TPSA) is 90.7 Å². The van der Waals surface area contributed by atoms with Gasteiger partial charge in [0.15, 0.2) is 5.75 Å². The van der Waals surface area contributed by atoms with Gasteiger partial charge >= 0.3 is 11.7 Å². The number of carbonyl (C=O) groups excluding carboxylic acids is 1. The Balaban J connectivity index is 2.15. The molecule has 0 aromatic heterocycles. The number of benzene rings is 1. The molecule has 1 aliphatic rings. The molecular weight excluding hydrogens is 300 g/mol. The van der Waals surface area contributed by atoms with E-state index in [4.69, 9.17) is 9.47 Å². The fourth-order valence-corrected chi connectivity index (χ4v) is 2.85. The lowest BCUT2D eigenvalue weighted by molar-refractivity contribution is -0.385. The van der Waals surface area contributed by atoms with Crippen LogP contribution in [0.3, 0.4) is 0 Å². The van der Waals surface area contributed by atoms with Crippen LogP contribution in [0.1, 0.15) is 37.0 Å². The Morgan fingerprint density at radius 3 is 2.57 bits per heavy atom. The van der Waals surface area contributed by atoms with E-state index in [1.807, 2.05) is 13.8 Å². The van der Waals surface area contributed by atoms with Crippen LogP contribution in [-0.2, 0) is 4.74 Å². The minimum Gasteiger partial charge on any atom is -0.490 e. The van der Waals surface area contributed by atoms with Crippen LogP contribution in [0.25, 0.3) is 0 Å². The van der Waals surface area contributed by atoms with E-state index in [0.29, 0.717) is 0 Å². The smallest absolute Gasteiger partial charge is 0.338 e. The number of methoxy groups -OCH3 is 1. The van der Waals surface area contributed by atoms with Gasteiger partial charge in [-0.15, -0.1) is 0 Å². The van der Waals surface area contributed by atoms with Crippen molar-refractivity contribution in [1.29, 1.82) is 0 Å². The van der Waals surface area contributed by atoms with Crippen molar-refractivity contribution in [2.45, 2.75) is 32.3 Å². The van der Waals surface area contributed by atoms with Gasteiger partial charge in [-0.3, -0.25) is 10.1 Å². The number of piperidine rings is 1. The molecule has 1 heterocycles. The highest BCUT2D eigenvalue weighted by Crippen LogP contribution is 2.32. The molecule has 0 spiro atoms. The molecule has 23 heavy (non-hydrogen) atoms. The third-order valence-electron chi connectivity index (χ3n) is 4.29. The van der Waals surface area contributed by atoms with E-state index in [2.05, 4.69) is 5.32 Å². The molecule has 1 N–H and O–H groups in total. The molecule has 7 heteroatoms. The van der Waals surface area contributed by atoms with Crippen LogP contribution in [0.15, 0.2) is 18.2 Å². The van der Waals surface area contributed by atoms with E-state index in [1.165, 1.54) is 25.3 Å². The highest BCUT2D eigenvalue weighted by molar-refractivity contribution is 5.90. The maximum absolute atomic E-state index is 12.4. The Labute approximate surface area is 135 Å². The first kappa shape index (κ1) is 17.2. The third-order valence-corrected chi connectivity index (χ3v) is 4.29. The summed E-state index contributed by atoms with van der Waals surface area (Å²) in [5, 5.41) is 14.2. The van der Waals surface area contributed by atoms with Gasteiger partial charge in [0.2, 0.25) is 0 Å². The molecule has 0 unspecified atom stereocenters. The number of nitro groups is 1. The summed E-state index contributed by atoms with van der Waals surface area (Å²) in [5.74, 6) is -0.168. The number of nitrogens with zero attached hydrogens (tertiary/aromatic N) is 1. The summed E-state index contributed by atoms with van der Waals surface area (Å²) in [7, 11) is 1.33. The number of rotatable bonds is 5. The second-order valence-corrected chi connectivity index (χ2v) is 6.16. The van der Waals surface area contributed by atoms with Crippen molar-refractivity contribution < 1.29 is 19.2 Å². The van der Waals surface area contributed by atoms with E-state index >= 15 is 0 Å². The van der Waals surface area contributed by atoms with E-state index in [9.17, 15) is 14.9 Å². The molecule has 0 saturated carbocycles. The van der Waals surface area contributed by atoms with Crippen molar-refractivity contribution in [2.75, 3.05) is 20.2 Å². The first-order valence-electron chi connectivity index (χ1n) is 7.61. The monoisotopic (exact) mass is 322 g/mol. The third kappa shape index (κ3) is 3.98. The van der Waals surface area contributed by atoms with E-state index in [0.717, 1.165) is 25.9 Å². The number of hydrogen-bond acceptors (Lipinski definition) is 6. The zero-order chi connectivity index (χ0) is 17.0. The molecule has 0 atom stereocenters. The highest BCUT2D eigenvalue weighted by atomic mass is 16.6. The molecule has 0 bridgehead atoms. The summed E-state index contributed by atoms with van der Waals surface area (Å²) in [4.78, 5) is 22.7. The molecule has 1 aromatic carbocycles. The molecule has 7 nitrogen and oxygen atoms in total. The lowest BCUT2D eigenvalue weighted by Gasteiger charge is -2.36. The molecule has 1 fully saturated rings. The molecule has 126 valence electrons. The number of esters is 1. The minimum atomic E-state index is -0.589. The maximum atomic E-state index is 12.4. The van der Waals surface area contributed by atoms with E-state index in [-0.39, 0.29) is 22.9 Å². The van der Waals surface area contributed by atoms with Gasteiger partial charge < -0.3 is 14.8 Å². The molecule has 0 aliphatic carbocycles. The molecule has 1 saturated heterocycles. The van der Waals surface area contributed by atoms with Crippen molar-refractivity contribution in [1.82, 2.24) is 5.32 Å². The van der Waals surface area contributed by atoms with Crippen LogP contribution >= 0.6 is 0 Å². The number of nitrogens with one attached hydrogen (secondary N) is 1. The number of carbonyl (C=O) groups is 1. The summed E-state index contributed by atoms with van der Waals surface area (Å²) in [6, 6.07) is 3.99. The second kappa shape index (κ2) is 6.95. The van der Waals surface area contributed by atoms with Crippen LogP contribution in [0.2, 0.25) is 0 Å². The Morgan fingerprint density at radius 1 is 1.35 bits per heavy atom. The van der Waals surface area contributed by atoms with Crippen LogP contribution < -0.4 is 10.1 Å². The maximum Gasteiger partial charge on any atom is 0.338 e. The second-order valence-electron chi connectivity index (χ2n) is 6.16. The lowest BCUT2D eigenvalue weighted by Crippen LogP contribution is -2.42. The predicted octanol–water partition coefficient (Wildman–Crippen LogP) is 2.54. The van der Waals surface area contributed by atoms with Crippen LogP contribution in [-0.4, -0.2) is 36.7 Å². The zero-order valence-electron chi connectivity index (χ0n) is 13.6. The van der Waals surface area contributed by atoms with Gasteiger partial charge in [-0.2, -0.15) is 0 Å². The first-order valence-corrected chi connectivity index (χ1v) is 7.61. The standard InChI is InChI=1S/C16H22N2O5/c1-16(2,12-6-8-17-9-7-12)23-15(19)11-4-5-13(18(20)21)14(10-11)22-3/h4-5,10,12,17H,6-9H2,1-3H3. The average Bonchev–Trinajstić information content (AvgIpc) is 2.54. The largest absolute Gasteiger partial charge is 0.490 e. The fraction of sp³-hybridized carbons (Fsp3) is 0.562. The van der Waals surface area contributed by atoms with Gasteiger partial charge in [-0.1, -0.05) is 0 Å². The average molecular weight is 322 g/mol. The summed E-state index contributed by atoms with van der Waals surface area (Å²) >= 11 is 0. The number of ether oxygens (including phenoxy) is 2. The van der Waals surface area contributed by atoms with Crippen LogP contribution in [0.4, 0.5) is 5.69 Å². The van der Waals surface area contributed by atoms with Gasteiger partial charge in [0.05, 0.1) is 17.6 Å². The molecule has 1 aliphatic heterocycles. The molecule has 2 rings (SSSR count). The summed E-state index contributed by atoms with van der Waals surface area (Å²) in [6.07, 6.45) is 1.90. The normalized spacial score (nSPS) is 16.0. The van der Waals surface area contributed by atoms with Crippen molar-refractivity contribution >= 4 is 11.7 Å². The van der Waals surface area contributed by atoms with Crippen molar-refractivity contribution in [2.24, 2.45) is 5.92 Å². The number of hydrogen-bond donors (Lipinski definition) is 1. The fourth-order valence-electron chi connectivity index (χ4n) is 2.85. The summed E-state index contributed by atoms with van der Waals surface area (Å²) in [6.45, 7) is 5.64. The van der Waals surface area contributed by atoms with Crippen molar-refractivity contribution in [3.8, 4) is 5.75 Å². The SMILES string of the molecule is COc1cc(C(=O)OC(C)(C)C2CCNCC2)ccc1[N+](=O)[O-]. The Kier molecular flexibility index (Phi) is 5.20. The van der Waals surface area contributed by atoms with Gasteiger partial charge in [-0.05, 0) is 45.8 Å². The van der Waals surface area contributed by atoms with Gasteiger partial charge in [0.25, 0.3) is 0 Å². The quantitative estimate of drug-likeness (QED) is 0.509. The van der Waals surface area contributed by atoms with Crippen molar-refractivity contribution in [3.63, 3.8) is 0 Å². The molecular formula is C16H22N2O5. The van der Waals surface area contributed by atoms with Crippen molar-refractivity contribution in [3.05, 3.63) is 33.9 Å². The van der Waals surface area contributed by atoms with E-state index < -0.39 is 16.5 Å². The number of nitro benzene ring substituents is 1. The molecule has 0 radical (unpaired) electrons. The minimum absolute atomic E-state index is 0.0455. The summed E-state index contributed by atoms with van der Waals surface area (Å²) in [5.41, 5.74) is -0.523. The predicted molar refractivity (Wildman–Crippen MR) is 84.7 cm³/mol. The lowest BCUT2D eigenvalue weighted by atomic mass is 9.83. The Morgan fingerprint density at radius 2 is 2.00 bits per heavy atom. The van der Waals surface area contributed by atoms with Gasteiger partial charge in [-0.25, -0.2) is 4.79 Å². The summed E-state index contributed by atoms with van der Waals surface area (Å²) < 4.78 is 10.7. The van der Waals surface area contributed by atoms with Crippen LogP contribution in [0, 0.1) is 16.0 Å². The van der Waals surface area contributed by atoms with Gasteiger partial charge in [0.1, 0.15) is 5.60 Å². The Hall–Kier alpha value is -2.15. The van der Waals surface area contributed by atoms with Gasteiger partial charge in [0, 0.05) is 18.1 Å².